The van der Waals surface area contributed by atoms with E-state index in [1.807, 2.05) is 0 Å². The summed E-state index contributed by atoms with van der Waals surface area (Å²) < 4.78 is 0. The van der Waals surface area contributed by atoms with Gasteiger partial charge in [-0.15, -0.1) is 10.1 Å². The van der Waals surface area contributed by atoms with Crippen molar-refractivity contribution in [1.82, 2.24) is 0 Å². The second kappa shape index (κ2) is 11.4. The predicted molar refractivity (Wildman–Crippen MR) is 129 cm³/mol. The van der Waals surface area contributed by atoms with E-state index in [4.69, 9.17) is 0 Å². The van der Waals surface area contributed by atoms with Crippen LogP contribution in [0.2, 0.25) is 0 Å². The molecule has 0 aromatic rings. The zero-order valence-corrected chi connectivity index (χ0v) is 18.9. The molecule has 7 aliphatic carbocycles. The highest BCUT2D eigenvalue weighted by Gasteiger charge is 2.50. The van der Waals surface area contributed by atoms with Crippen molar-refractivity contribution in [3.05, 3.63) is 10.1 Å². The molecule has 4 heteroatoms. The molecular formula is C27H51NO3. The van der Waals surface area contributed by atoms with Crippen LogP contribution in [0.4, 0.5) is 0 Å². The quantitative estimate of drug-likeness (QED) is 0.330. The Morgan fingerprint density at radius 2 is 1.39 bits per heavy atom. The van der Waals surface area contributed by atoms with Crippen molar-refractivity contribution in [2.45, 2.75) is 119 Å². The van der Waals surface area contributed by atoms with E-state index in [2.05, 4.69) is 25.6 Å². The van der Waals surface area contributed by atoms with Gasteiger partial charge in [0.25, 0.3) is 5.09 Å². The molecule has 0 amide bonds. The minimum absolute atomic E-state index is 0. The van der Waals surface area contributed by atoms with Crippen LogP contribution in [0.1, 0.15) is 113 Å². The van der Waals surface area contributed by atoms with E-state index in [0.717, 1.165) is 42.9 Å². The number of hydrogen-bond donors (Lipinski definition) is 0. The molecule has 0 aliphatic heterocycles. The van der Waals surface area contributed by atoms with Crippen LogP contribution in [-0.2, 0) is 4.84 Å². The van der Waals surface area contributed by atoms with Crippen molar-refractivity contribution in [3.63, 3.8) is 0 Å². The second-order valence-corrected chi connectivity index (χ2v) is 11.4. The molecule has 7 saturated carbocycles. The Kier molecular flexibility index (Phi) is 9.70. The molecular weight excluding hydrogens is 386 g/mol. The summed E-state index contributed by atoms with van der Waals surface area (Å²) in [5.41, 5.74) is 0. The molecule has 9 atom stereocenters. The maximum absolute atomic E-state index is 10.0. The highest BCUT2D eigenvalue weighted by atomic mass is 17.0. The highest BCUT2D eigenvalue weighted by Crippen LogP contribution is 2.59. The molecule has 9 unspecified atom stereocenters. The molecule has 0 spiro atoms. The number of rotatable bonds is 3. The molecule has 182 valence electrons. The predicted octanol–water partition coefficient (Wildman–Crippen LogP) is 8.18. The molecule has 0 aromatic heterocycles. The van der Waals surface area contributed by atoms with Gasteiger partial charge in [-0.05, 0) is 91.8 Å². The normalized spacial score (nSPS) is 43.3. The maximum atomic E-state index is 10.0. The molecule has 7 fully saturated rings. The summed E-state index contributed by atoms with van der Waals surface area (Å²) in [5.74, 6) is 9.36. The van der Waals surface area contributed by atoms with Crippen molar-refractivity contribution in [3.8, 4) is 0 Å². The third-order valence-corrected chi connectivity index (χ3v) is 9.10. The third-order valence-electron chi connectivity index (χ3n) is 9.10. The molecule has 0 heterocycles. The average Bonchev–Trinajstić information content (AvgIpc) is 3.56. The molecule has 0 aromatic carbocycles. The summed E-state index contributed by atoms with van der Waals surface area (Å²) in [7, 11) is 0. The van der Waals surface area contributed by atoms with Crippen LogP contribution in [0.25, 0.3) is 0 Å². The van der Waals surface area contributed by atoms with Gasteiger partial charge in [0, 0.05) is 0 Å². The molecule has 7 rings (SSSR count). The maximum Gasteiger partial charge on any atom is 0.294 e. The van der Waals surface area contributed by atoms with Crippen molar-refractivity contribution in [2.24, 2.45) is 53.3 Å². The molecule has 0 N–H and O–H groups in total. The first kappa shape index (κ1) is 26.5. The van der Waals surface area contributed by atoms with Crippen molar-refractivity contribution in [1.29, 1.82) is 0 Å². The summed E-state index contributed by atoms with van der Waals surface area (Å²) in [6.45, 7) is 7.03. The summed E-state index contributed by atoms with van der Waals surface area (Å²) in [5, 5.41) is 9.37. The lowest BCUT2D eigenvalue weighted by Crippen LogP contribution is -2.22. The summed E-state index contributed by atoms with van der Waals surface area (Å²) in [6.07, 6.45) is 16.5. The van der Waals surface area contributed by atoms with Crippen LogP contribution in [-0.4, -0.2) is 11.2 Å². The molecule has 0 saturated heterocycles. The van der Waals surface area contributed by atoms with E-state index < -0.39 is 5.09 Å². The van der Waals surface area contributed by atoms with Gasteiger partial charge in [-0.25, -0.2) is 0 Å². The van der Waals surface area contributed by atoms with Crippen molar-refractivity contribution >= 4 is 0 Å². The summed E-state index contributed by atoms with van der Waals surface area (Å²) in [6, 6.07) is 0. The van der Waals surface area contributed by atoms with Gasteiger partial charge in [0.05, 0.1) is 0 Å². The van der Waals surface area contributed by atoms with Gasteiger partial charge >= 0.3 is 0 Å². The first-order chi connectivity index (χ1) is 14.0. The van der Waals surface area contributed by atoms with Gasteiger partial charge in [0.15, 0.2) is 0 Å². The van der Waals surface area contributed by atoms with Gasteiger partial charge in [-0.2, -0.15) is 0 Å². The minimum Gasteiger partial charge on any atom is -0.310 e. The van der Waals surface area contributed by atoms with Crippen molar-refractivity contribution < 1.29 is 9.92 Å². The highest BCUT2D eigenvalue weighted by molar-refractivity contribution is 5.00. The Hall–Kier alpha value is -0.800. The Morgan fingerprint density at radius 1 is 0.774 bits per heavy atom. The summed E-state index contributed by atoms with van der Waals surface area (Å²) >= 11 is 0. The molecule has 0 bridgehead atoms. The lowest BCUT2D eigenvalue weighted by Gasteiger charge is -2.18. The Balaban J connectivity index is 0.000000150. The van der Waals surface area contributed by atoms with E-state index in [1.165, 1.54) is 55.8 Å². The number of nitrogens with zero attached hydrogens (tertiary/aromatic N) is 1. The summed E-state index contributed by atoms with van der Waals surface area (Å²) in [4.78, 5) is 14.6. The standard InChI is InChI=1S/C7H11NO3.C7H12.C6H10.C5H10.2CH4/c9-8(10)11-7-3-1-2-5-4-6(5)7;1-5-2-3-6-4-7(5)6;1-4-2-5-3-6(4)5;1-2-5-3-4-5;;/h5-7H,1-4H2;5-7H,2-4H2,1H3;4-6H,2-3H2,1H3;5H,2-4H2,1H3;2*1H4. The average molecular weight is 438 g/mol. The lowest BCUT2D eigenvalue weighted by molar-refractivity contribution is -0.770. The van der Waals surface area contributed by atoms with Gasteiger partial charge in [-0.1, -0.05) is 74.1 Å². The van der Waals surface area contributed by atoms with Crippen LogP contribution in [0.3, 0.4) is 0 Å². The fraction of sp³-hybridized carbons (Fsp3) is 1.00. The van der Waals surface area contributed by atoms with Crippen LogP contribution in [0, 0.1) is 63.4 Å². The first-order valence-electron chi connectivity index (χ1n) is 12.8. The number of fused-ring (bicyclic) bond motifs is 3. The Labute approximate surface area is 192 Å². The molecule has 31 heavy (non-hydrogen) atoms. The lowest BCUT2D eigenvalue weighted by atomic mass is 9.88. The Bertz CT molecular complexity index is 563. The molecule has 4 nitrogen and oxygen atoms in total. The Morgan fingerprint density at radius 3 is 1.68 bits per heavy atom. The van der Waals surface area contributed by atoms with Gasteiger partial charge < -0.3 is 4.84 Å². The van der Waals surface area contributed by atoms with E-state index in [1.54, 1.807) is 25.7 Å². The van der Waals surface area contributed by atoms with E-state index in [9.17, 15) is 10.1 Å². The van der Waals surface area contributed by atoms with E-state index in [0.29, 0.717) is 5.92 Å². The topological polar surface area (TPSA) is 52.4 Å². The second-order valence-electron chi connectivity index (χ2n) is 11.4. The van der Waals surface area contributed by atoms with Crippen LogP contribution in [0.15, 0.2) is 0 Å². The van der Waals surface area contributed by atoms with E-state index >= 15 is 0 Å². The minimum atomic E-state index is -0.647. The first-order valence-corrected chi connectivity index (χ1v) is 12.8. The fourth-order valence-electron chi connectivity index (χ4n) is 6.31. The van der Waals surface area contributed by atoms with E-state index in [-0.39, 0.29) is 21.0 Å². The molecule has 7 aliphatic rings. The van der Waals surface area contributed by atoms with Gasteiger partial charge in [0.2, 0.25) is 0 Å². The smallest absolute Gasteiger partial charge is 0.294 e. The number of hydrogen-bond acceptors (Lipinski definition) is 3. The third kappa shape index (κ3) is 7.63. The SMILES string of the molecule is C.C.CC1CC2CC12.CC1CCC2CC12.CCC1CC1.O=[N+]([O-])OC1CCCC2CC21. The van der Waals surface area contributed by atoms with Crippen LogP contribution < -0.4 is 0 Å². The zero-order chi connectivity index (χ0) is 20.5. The zero-order valence-electron chi connectivity index (χ0n) is 18.9. The molecule has 0 radical (unpaired) electrons. The van der Waals surface area contributed by atoms with Crippen molar-refractivity contribution in [2.75, 3.05) is 0 Å². The van der Waals surface area contributed by atoms with Gasteiger partial charge in [0.1, 0.15) is 6.10 Å². The van der Waals surface area contributed by atoms with Gasteiger partial charge in [-0.3, -0.25) is 0 Å². The fourth-order valence-corrected chi connectivity index (χ4v) is 6.31. The monoisotopic (exact) mass is 437 g/mol. The van der Waals surface area contributed by atoms with Crippen LogP contribution >= 0.6 is 0 Å². The van der Waals surface area contributed by atoms with Crippen LogP contribution in [0.5, 0.6) is 0 Å². The largest absolute Gasteiger partial charge is 0.310 e.